The number of carbonyl (C=O) groups excluding carboxylic acids is 2. The molecule has 6 heteroatoms. The maximum absolute atomic E-state index is 12.6. The van der Waals surface area contributed by atoms with Crippen molar-refractivity contribution in [3.63, 3.8) is 0 Å². The van der Waals surface area contributed by atoms with Crippen molar-refractivity contribution in [3.8, 4) is 0 Å². The van der Waals surface area contributed by atoms with Crippen LogP contribution in [0.15, 0.2) is 0 Å². The van der Waals surface area contributed by atoms with Crippen LogP contribution < -0.4 is 0 Å². The van der Waals surface area contributed by atoms with Crippen molar-refractivity contribution < 1.29 is 14.3 Å². The van der Waals surface area contributed by atoms with Gasteiger partial charge in [-0.2, -0.15) is 0 Å². The fourth-order valence-corrected chi connectivity index (χ4v) is 3.02. The predicted molar refractivity (Wildman–Crippen MR) is 79.9 cm³/mol. The van der Waals surface area contributed by atoms with Crippen LogP contribution in [0.2, 0.25) is 0 Å². The smallest absolute Gasteiger partial charge is 0.246 e. The first kappa shape index (κ1) is 16.2. The first-order chi connectivity index (χ1) is 10.0. The average molecular weight is 297 g/mol. The van der Waals surface area contributed by atoms with Gasteiger partial charge in [-0.15, -0.1) is 0 Å². The van der Waals surface area contributed by atoms with Gasteiger partial charge in [-0.1, -0.05) is 0 Å². The van der Waals surface area contributed by atoms with Crippen LogP contribution in [0.25, 0.3) is 0 Å². The second-order valence-electron chi connectivity index (χ2n) is 6.17. The number of piperidine rings is 1. The predicted octanol–water partition coefficient (Wildman–Crippen LogP) is 0.176. The molecule has 2 rings (SSSR count). The molecule has 2 unspecified atom stereocenters. The van der Waals surface area contributed by atoms with Crippen molar-refractivity contribution in [2.75, 3.05) is 46.9 Å². The van der Waals surface area contributed by atoms with Gasteiger partial charge in [-0.05, 0) is 40.3 Å². The summed E-state index contributed by atoms with van der Waals surface area (Å²) in [7, 11) is 3.99. The molecule has 6 nitrogen and oxygen atoms in total. The fraction of sp³-hybridized carbons (Fsp3) is 0.867. The Kier molecular flexibility index (Phi) is 5.58. The molecule has 2 saturated heterocycles. The van der Waals surface area contributed by atoms with Crippen LogP contribution in [0.4, 0.5) is 0 Å². The minimum absolute atomic E-state index is 0.0904. The molecule has 2 aliphatic rings. The van der Waals surface area contributed by atoms with Gasteiger partial charge in [-0.25, -0.2) is 0 Å². The van der Waals surface area contributed by atoms with Gasteiger partial charge < -0.3 is 19.4 Å². The lowest BCUT2D eigenvalue weighted by molar-refractivity contribution is -0.163. The number of fused-ring (bicyclic) bond motifs is 1. The molecular weight excluding hydrogens is 270 g/mol. The minimum Gasteiger partial charge on any atom is -0.378 e. The van der Waals surface area contributed by atoms with Crippen LogP contribution in [0.3, 0.4) is 0 Å². The molecule has 0 spiro atoms. The van der Waals surface area contributed by atoms with Crippen molar-refractivity contribution in [3.05, 3.63) is 0 Å². The lowest BCUT2D eigenvalue weighted by atomic mass is 9.96. The van der Waals surface area contributed by atoms with E-state index in [2.05, 4.69) is 4.90 Å². The molecule has 120 valence electrons. The first-order valence-corrected chi connectivity index (χ1v) is 7.86. The third-order valence-corrected chi connectivity index (χ3v) is 4.34. The highest BCUT2D eigenvalue weighted by molar-refractivity contribution is 5.96. The summed E-state index contributed by atoms with van der Waals surface area (Å²) in [6.07, 6.45) is 2.84. The van der Waals surface area contributed by atoms with Crippen LogP contribution in [0, 0.1) is 0 Å². The zero-order valence-corrected chi connectivity index (χ0v) is 13.4. The number of nitrogens with zero attached hydrogens (tertiary/aromatic N) is 3. The maximum atomic E-state index is 12.6. The van der Waals surface area contributed by atoms with Gasteiger partial charge in [0.1, 0.15) is 12.1 Å². The SMILES string of the molecule is CC1C(=O)N2CCCCC2C(=O)N1CCOCCN(C)C. The number of amides is 2. The van der Waals surface area contributed by atoms with Crippen molar-refractivity contribution in [2.24, 2.45) is 0 Å². The highest BCUT2D eigenvalue weighted by Crippen LogP contribution is 2.25. The molecule has 2 fully saturated rings. The molecule has 0 N–H and O–H groups in total. The lowest BCUT2D eigenvalue weighted by Gasteiger charge is -2.46. The third-order valence-electron chi connectivity index (χ3n) is 4.34. The van der Waals surface area contributed by atoms with Crippen LogP contribution in [0.1, 0.15) is 26.2 Å². The molecule has 2 heterocycles. The Bertz CT molecular complexity index is 386. The molecule has 0 saturated carbocycles. The summed E-state index contributed by atoms with van der Waals surface area (Å²) in [5.74, 6) is 0.186. The highest BCUT2D eigenvalue weighted by Gasteiger charge is 2.44. The van der Waals surface area contributed by atoms with Crippen molar-refractivity contribution >= 4 is 11.8 Å². The minimum atomic E-state index is -0.357. The van der Waals surface area contributed by atoms with Gasteiger partial charge in [0.25, 0.3) is 0 Å². The summed E-state index contributed by atoms with van der Waals surface area (Å²) in [5, 5.41) is 0. The lowest BCUT2D eigenvalue weighted by Crippen LogP contribution is -2.65. The van der Waals surface area contributed by atoms with Crippen LogP contribution >= 0.6 is 0 Å². The van der Waals surface area contributed by atoms with Crippen LogP contribution in [-0.2, 0) is 14.3 Å². The molecule has 0 aromatic rings. The van der Waals surface area contributed by atoms with E-state index in [1.807, 2.05) is 21.0 Å². The van der Waals surface area contributed by atoms with E-state index in [0.29, 0.717) is 19.8 Å². The summed E-state index contributed by atoms with van der Waals surface area (Å²) in [6, 6.07) is -0.589. The second kappa shape index (κ2) is 7.22. The maximum Gasteiger partial charge on any atom is 0.246 e. The van der Waals surface area contributed by atoms with Gasteiger partial charge in [0.05, 0.1) is 13.2 Å². The molecule has 2 atom stereocenters. The monoisotopic (exact) mass is 297 g/mol. The van der Waals surface area contributed by atoms with Gasteiger partial charge in [0.2, 0.25) is 11.8 Å². The summed E-state index contributed by atoms with van der Waals surface area (Å²) in [5.41, 5.74) is 0. The fourth-order valence-electron chi connectivity index (χ4n) is 3.02. The number of rotatable bonds is 6. The largest absolute Gasteiger partial charge is 0.378 e. The number of piperazine rings is 1. The number of hydrogen-bond acceptors (Lipinski definition) is 4. The van der Waals surface area contributed by atoms with Gasteiger partial charge in [0, 0.05) is 19.6 Å². The highest BCUT2D eigenvalue weighted by atomic mass is 16.5. The molecule has 21 heavy (non-hydrogen) atoms. The Morgan fingerprint density at radius 1 is 1.19 bits per heavy atom. The number of likely N-dealkylation sites (N-methyl/N-ethyl adjacent to an activating group) is 1. The van der Waals surface area contributed by atoms with Crippen molar-refractivity contribution in [1.82, 2.24) is 14.7 Å². The third kappa shape index (κ3) is 3.74. The van der Waals surface area contributed by atoms with E-state index in [4.69, 9.17) is 4.74 Å². The summed E-state index contributed by atoms with van der Waals surface area (Å²) in [4.78, 5) is 30.5. The molecule has 0 aromatic heterocycles. The Balaban J connectivity index is 1.86. The Morgan fingerprint density at radius 3 is 2.67 bits per heavy atom. The zero-order valence-electron chi connectivity index (χ0n) is 13.4. The molecule has 2 amide bonds. The normalized spacial score (nSPS) is 26.5. The number of carbonyl (C=O) groups is 2. The Hall–Kier alpha value is -1.14. The van der Waals surface area contributed by atoms with Crippen molar-refractivity contribution in [2.45, 2.75) is 38.3 Å². The molecule has 0 radical (unpaired) electrons. The Labute approximate surface area is 127 Å². The summed E-state index contributed by atoms with van der Waals surface area (Å²) in [6.45, 7) is 5.05. The number of ether oxygens (including phenoxy) is 1. The standard InChI is InChI=1S/C15H27N3O3/c1-12-14(19)18-7-5-4-6-13(18)15(20)17(12)9-11-21-10-8-16(2)3/h12-13H,4-11H2,1-3H3. The van der Waals surface area contributed by atoms with Crippen LogP contribution in [0.5, 0.6) is 0 Å². The quantitative estimate of drug-likeness (QED) is 0.656. The molecular formula is C15H27N3O3. The summed E-state index contributed by atoms with van der Waals surface area (Å²) < 4.78 is 5.55. The van der Waals surface area contributed by atoms with E-state index in [1.165, 1.54) is 0 Å². The van der Waals surface area contributed by atoms with Crippen LogP contribution in [-0.4, -0.2) is 85.5 Å². The molecule has 0 aliphatic carbocycles. The van der Waals surface area contributed by atoms with Gasteiger partial charge in [-0.3, -0.25) is 9.59 Å². The number of hydrogen-bond donors (Lipinski definition) is 0. The molecule has 2 aliphatic heterocycles. The first-order valence-electron chi connectivity index (χ1n) is 7.86. The second-order valence-corrected chi connectivity index (χ2v) is 6.17. The molecule has 0 bridgehead atoms. The zero-order chi connectivity index (χ0) is 15.4. The van der Waals surface area contributed by atoms with Gasteiger partial charge in [0.15, 0.2) is 0 Å². The van der Waals surface area contributed by atoms with E-state index in [0.717, 1.165) is 32.4 Å². The van der Waals surface area contributed by atoms with Gasteiger partial charge >= 0.3 is 0 Å². The molecule has 0 aromatic carbocycles. The van der Waals surface area contributed by atoms with E-state index in [1.54, 1.807) is 9.80 Å². The van der Waals surface area contributed by atoms with Crippen molar-refractivity contribution in [1.29, 1.82) is 0 Å². The van der Waals surface area contributed by atoms with E-state index in [9.17, 15) is 9.59 Å². The van der Waals surface area contributed by atoms with E-state index in [-0.39, 0.29) is 23.9 Å². The van der Waals surface area contributed by atoms with E-state index >= 15 is 0 Å². The van der Waals surface area contributed by atoms with E-state index < -0.39 is 0 Å². The summed E-state index contributed by atoms with van der Waals surface area (Å²) >= 11 is 0. The Morgan fingerprint density at radius 2 is 1.95 bits per heavy atom. The average Bonchev–Trinajstić information content (AvgIpc) is 2.47. The topological polar surface area (TPSA) is 53.1 Å².